The van der Waals surface area contributed by atoms with Crippen LogP contribution in [0.3, 0.4) is 0 Å². The van der Waals surface area contributed by atoms with Crippen LogP contribution in [0.4, 0.5) is 0 Å². The SMILES string of the molecule is CC(C)Cc1ccc(O)c2c1C[C@H]1C[C@H]3[C@H](N(C)C)C(O)=C(C(N)=O)C(=O)[C@@]3(O)C(O)=C1C2=O. The smallest absolute Gasteiger partial charge is 0.255 e. The molecule has 0 fully saturated rings. The van der Waals surface area contributed by atoms with Gasteiger partial charge in [-0.05, 0) is 62.4 Å². The Kier molecular flexibility index (Phi) is 5.61. The van der Waals surface area contributed by atoms with E-state index in [2.05, 4.69) is 0 Å². The van der Waals surface area contributed by atoms with Crippen molar-refractivity contribution in [3.63, 3.8) is 0 Å². The van der Waals surface area contributed by atoms with Crippen molar-refractivity contribution in [1.29, 1.82) is 0 Å². The molecule has 0 aliphatic heterocycles. The molecule has 0 bridgehead atoms. The fourth-order valence-corrected chi connectivity index (χ4v) is 5.95. The number of phenolic OH excluding ortho intramolecular Hbond substituents is 1. The normalized spacial score (nSPS) is 28.9. The second-order valence-electron chi connectivity index (χ2n) is 10.2. The number of fused-ring (bicyclic) bond motifs is 3. The summed E-state index contributed by atoms with van der Waals surface area (Å²) in [5.41, 5.74) is 3.42. The summed E-state index contributed by atoms with van der Waals surface area (Å²) in [5, 5.41) is 44.1. The van der Waals surface area contributed by atoms with Gasteiger partial charge in [-0.1, -0.05) is 19.9 Å². The van der Waals surface area contributed by atoms with Crippen LogP contribution in [0, 0.1) is 17.8 Å². The third-order valence-electron chi connectivity index (χ3n) is 7.33. The highest BCUT2D eigenvalue weighted by Crippen LogP contribution is 2.52. The fraction of sp³-hybridized carbons (Fsp3) is 0.480. The van der Waals surface area contributed by atoms with Crippen LogP contribution in [0.5, 0.6) is 5.75 Å². The minimum Gasteiger partial charge on any atom is -0.510 e. The number of phenols is 1. The Bertz CT molecular complexity index is 1180. The van der Waals surface area contributed by atoms with Crippen molar-refractivity contribution >= 4 is 17.5 Å². The van der Waals surface area contributed by atoms with Gasteiger partial charge in [-0.25, -0.2) is 0 Å². The summed E-state index contributed by atoms with van der Waals surface area (Å²) in [6.45, 7) is 4.09. The zero-order valence-electron chi connectivity index (χ0n) is 19.6. The summed E-state index contributed by atoms with van der Waals surface area (Å²) in [7, 11) is 3.21. The molecule has 6 N–H and O–H groups in total. The minimum absolute atomic E-state index is 0.0546. The topological polar surface area (TPSA) is 161 Å². The van der Waals surface area contributed by atoms with Crippen LogP contribution in [-0.4, -0.2) is 68.5 Å². The minimum atomic E-state index is -2.62. The number of Topliss-reactive ketones (excluding diaryl/α,β-unsaturated/α-hetero) is 2. The quantitative estimate of drug-likeness (QED) is 0.412. The molecule has 3 aliphatic rings. The zero-order chi connectivity index (χ0) is 25.3. The van der Waals surface area contributed by atoms with E-state index in [1.165, 1.54) is 11.0 Å². The Morgan fingerprint density at radius 1 is 1.21 bits per heavy atom. The van der Waals surface area contributed by atoms with Crippen LogP contribution in [0.2, 0.25) is 0 Å². The average molecular weight is 471 g/mol. The van der Waals surface area contributed by atoms with Gasteiger partial charge in [-0.15, -0.1) is 0 Å². The number of primary amides is 1. The molecule has 0 aromatic heterocycles. The summed E-state index contributed by atoms with van der Waals surface area (Å²) in [6, 6.07) is 2.23. The van der Waals surface area contributed by atoms with Crippen molar-refractivity contribution < 1.29 is 34.8 Å². The van der Waals surface area contributed by atoms with E-state index in [1.54, 1.807) is 20.2 Å². The van der Waals surface area contributed by atoms with Crippen molar-refractivity contribution in [1.82, 2.24) is 4.90 Å². The molecule has 34 heavy (non-hydrogen) atoms. The highest BCUT2D eigenvalue weighted by molar-refractivity contribution is 6.24. The second-order valence-corrected chi connectivity index (χ2v) is 10.2. The maximum Gasteiger partial charge on any atom is 0.255 e. The fourth-order valence-electron chi connectivity index (χ4n) is 5.95. The lowest BCUT2D eigenvalue weighted by atomic mass is 9.58. The van der Waals surface area contributed by atoms with Crippen molar-refractivity contribution in [2.45, 2.75) is 44.8 Å². The van der Waals surface area contributed by atoms with Crippen molar-refractivity contribution in [2.24, 2.45) is 23.5 Å². The number of carbonyl (C=O) groups is 3. The first-order chi connectivity index (χ1) is 15.8. The number of carbonyl (C=O) groups excluding carboxylic acids is 3. The lowest BCUT2D eigenvalue weighted by Crippen LogP contribution is -2.63. The number of nitrogens with two attached hydrogens (primary N) is 1. The van der Waals surface area contributed by atoms with Crippen LogP contribution in [-0.2, 0) is 22.4 Å². The Hall–Kier alpha value is -3.17. The first-order valence-electron chi connectivity index (χ1n) is 11.3. The van der Waals surface area contributed by atoms with Gasteiger partial charge in [0.15, 0.2) is 11.4 Å². The van der Waals surface area contributed by atoms with E-state index in [0.29, 0.717) is 24.3 Å². The number of likely N-dealkylation sites (N-methyl/N-ethyl adjacent to an activating group) is 1. The summed E-state index contributed by atoms with van der Waals surface area (Å²) >= 11 is 0. The molecule has 9 heteroatoms. The maximum absolute atomic E-state index is 13.6. The van der Waals surface area contributed by atoms with Gasteiger partial charge in [0.1, 0.15) is 22.8 Å². The molecule has 4 atom stereocenters. The Labute approximate surface area is 197 Å². The second kappa shape index (κ2) is 7.95. The number of aromatic hydroxyl groups is 1. The number of aliphatic hydroxyl groups is 3. The Morgan fingerprint density at radius 3 is 2.41 bits per heavy atom. The largest absolute Gasteiger partial charge is 0.510 e. The summed E-state index contributed by atoms with van der Waals surface area (Å²) in [6.07, 6.45) is 1.08. The van der Waals surface area contributed by atoms with Gasteiger partial charge in [0.2, 0.25) is 5.78 Å². The average Bonchev–Trinajstić information content (AvgIpc) is 2.72. The molecule has 1 aromatic carbocycles. The molecular weight excluding hydrogens is 440 g/mol. The summed E-state index contributed by atoms with van der Waals surface area (Å²) in [5.74, 6) is -6.07. The van der Waals surface area contributed by atoms with Crippen molar-refractivity contribution in [3.8, 4) is 5.75 Å². The van der Waals surface area contributed by atoms with E-state index in [-0.39, 0.29) is 23.3 Å². The van der Waals surface area contributed by atoms with Gasteiger partial charge in [0.05, 0.1) is 11.6 Å². The van der Waals surface area contributed by atoms with Gasteiger partial charge in [0, 0.05) is 11.5 Å². The zero-order valence-corrected chi connectivity index (χ0v) is 19.6. The van der Waals surface area contributed by atoms with Gasteiger partial charge in [0.25, 0.3) is 5.91 Å². The number of amides is 1. The van der Waals surface area contributed by atoms with E-state index in [0.717, 1.165) is 5.56 Å². The monoisotopic (exact) mass is 470 g/mol. The van der Waals surface area contributed by atoms with Gasteiger partial charge >= 0.3 is 0 Å². The van der Waals surface area contributed by atoms with Crippen LogP contribution in [0.15, 0.2) is 34.8 Å². The molecular formula is C25H30N2O7. The molecule has 182 valence electrons. The highest BCUT2D eigenvalue weighted by Gasteiger charge is 2.63. The van der Waals surface area contributed by atoms with Gasteiger partial charge in [-0.2, -0.15) is 0 Å². The standard InChI is InChI=1S/C25H30N2O7/c1-10(2)7-11-5-6-15(28)17-13(11)8-12-9-14-19(27(3)4)21(30)18(24(26)33)23(32)25(14,34)22(31)16(12)20(17)29/h5-6,10,12,14,19,28,30-31,34H,7-9H2,1-4H3,(H2,26,33)/t12-,14-,19-,25-/m0/s1. The lowest BCUT2D eigenvalue weighted by molar-refractivity contribution is -0.148. The number of nitrogens with zero attached hydrogens (tertiary/aromatic N) is 1. The molecule has 0 spiro atoms. The number of rotatable bonds is 4. The third kappa shape index (κ3) is 3.18. The van der Waals surface area contributed by atoms with E-state index >= 15 is 0 Å². The van der Waals surface area contributed by atoms with Gasteiger partial charge in [-0.3, -0.25) is 19.3 Å². The Morgan fingerprint density at radius 2 is 1.85 bits per heavy atom. The summed E-state index contributed by atoms with van der Waals surface area (Å²) in [4.78, 5) is 40.4. The first-order valence-corrected chi connectivity index (χ1v) is 11.3. The molecule has 0 radical (unpaired) electrons. The molecule has 0 saturated carbocycles. The van der Waals surface area contributed by atoms with E-state index in [9.17, 15) is 34.8 Å². The third-order valence-corrected chi connectivity index (χ3v) is 7.33. The molecule has 9 nitrogen and oxygen atoms in total. The number of allylic oxidation sites excluding steroid dienone is 1. The van der Waals surface area contributed by atoms with Crippen LogP contribution < -0.4 is 5.73 Å². The van der Waals surface area contributed by atoms with Crippen LogP contribution >= 0.6 is 0 Å². The van der Waals surface area contributed by atoms with Crippen LogP contribution in [0.1, 0.15) is 41.8 Å². The molecule has 1 aromatic rings. The predicted octanol–water partition coefficient (Wildman–Crippen LogP) is 1.32. The molecule has 0 heterocycles. The maximum atomic E-state index is 13.6. The van der Waals surface area contributed by atoms with Gasteiger partial charge < -0.3 is 26.2 Å². The lowest BCUT2D eigenvalue weighted by Gasteiger charge is -2.50. The van der Waals surface area contributed by atoms with Crippen LogP contribution in [0.25, 0.3) is 0 Å². The number of hydrogen-bond acceptors (Lipinski definition) is 8. The number of aliphatic hydroxyl groups excluding tert-OH is 2. The molecule has 0 saturated heterocycles. The molecule has 1 amide bonds. The van der Waals surface area contributed by atoms with E-state index in [4.69, 9.17) is 5.73 Å². The van der Waals surface area contributed by atoms with Crippen molar-refractivity contribution in [2.75, 3.05) is 14.1 Å². The number of ketones is 2. The van der Waals surface area contributed by atoms with E-state index < -0.39 is 58.0 Å². The van der Waals surface area contributed by atoms with Crippen molar-refractivity contribution in [3.05, 3.63) is 51.5 Å². The summed E-state index contributed by atoms with van der Waals surface area (Å²) < 4.78 is 0. The first kappa shape index (κ1) is 24.0. The molecule has 0 unspecified atom stereocenters. The highest BCUT2D eigenvalue weighted by atomic mass is 16.3. The molecule has 3 aliphatic carbocycles. The predicted molar refractivity (Wildman–Crippen MR) is 122 cm³/mol. The Balaban J connectivity index is 1.95. The van der Waals surface area contributed by atoms with E-state index in [1.807, 2.05) is 13.8 Å². The number of hydrogen-bond donors (Lipinski definition) is 5. The molecule has 4 rings (SSSR count). The number of benzene rings is 1.